The minimum absolute atomic E-state index is 0.939. The fourth-order valence-corrected chi connectivity index (χ4v) is 5.48. The molecule has 0 bridgehead atoms. The molecule has 0 radical (unpaired) electrons. The predicted molar refractivity (Wildman–Crippen MR) is 107 cm³/mol. The van der Waals surface area contributed by atoms with Crippen LogP contribution in [0, 0.1) is 5.92 Å². The molecule has 1 aromatic carbocycles. The second-order valence-electron chi connectivity index (χ2n) is 8.95. The molecule has 4 rings (SSSR count). The van der Waals surface area contributed by atoms with E-state index in [0.717, 1.165) is 12.0 Å². The monoisotopic (exact) mass is 356 g/mol. The highest BCUT2D eigenvalue weighted by molar-refractivity contribution is 5.13. The van der Waals surface area contributed by atoms with E-state index < -0.39 is 0 Å². The van der Waals surface area contributed by atoms with Gasteiger partial charge in [0.15, 0.2) is 0 Å². The van der Waals surface area contributed by atoms with Gasteiger partial charge < -0.3 is 14.7 Å². The van der Waals surface area contributed by atoms with Gasteiger partial charge in [-0.2, -0.15) is 0 Å². The van der Waals surface area contributed by atoms with Crippen LogP contribution in [0.25, 0.3) is 0 Å². The summed E-state index contributed by atoms with van der Waals surface area (Å²) < 4.78 is 0. The van der Waals surface area contributed by atoms with Crippen molar-refractivity contribution in [2.45, 2.75) is 44.7 Å². The molecule has 3 nitrogen and oxygen atoms in total. The van der Waals surface area contributed by atoms with Crippen molar-refractivity contribution in [3.8, 4) is 0 Å². The van der Waals surface area contributed by atoms with Gasteiger partial charge in [-0.25, -0.2) is 0 Å². The third-order valence-corrected chi connectivity index (χ3v) is 7.12. The number of nitrogens with one attached hydrogen (secondary N) is 3. The van der Waals surface area contributed by atoms with Crippen LogP contribution in [-0.2, 0) is 6.54 Å². The lowest BCUT2D eigenvalue weighted by Crippen LogP contribution is -3.30. The first-order valence-electron chi connectivity index (χ1n) is 11.1. The minimum atomic E-state index is 0.939. The van der Waals surface area contributed by atoms with Crippen molar-refractivity contribution < 1.29 is 14.7 Å². The molecular weight excluding hydrogens is 318 g/mol. The number of piperazine rings is 1. The zero-order chi connectivity index (χ0) is 17.6. The molecule has 0 amide bonds. The van der Waals surface area contributed by atoms with Gasteiger partial charge in [0, 0.05) is 24.3 Å². The Morgan fingerprint density at radius 3 is 2.23 bits per heavy atom. The van der Waals surface area contributed by atoms with Crippen molar-refractivity contribution in [2.75, 3.05) is 45.8 Å². The van der Waals surface area contributed by atoms with Crippen molar-refractivity contribution in [3.63, 3.8) is 0 Å². The Hall–Kier alpha value is -1.16. The Kier molecular flexibility index (Phi) is 6.42. The Morgan fingerprint density at radius 1 is 0.769 bits per heavy atom. The molecule has 2 saturated heterocycles. The van der Waals surface area contributed by atoms with Gasteiger partial charge in [0.05, 0.1) is 25.7 Å². The summed E-state index contributed by atoms with van der Waals surface area (Å²) in [5.74, 6) is 0.960. The molecule has 3 aliphatic rings. The van der Waals surface area contributed by atoms with Crippen LogP contribution in [0.2, 0.25) is 0 Å². The van der Waals surface area contributed by atoms with E-state index in [1.807, 2.05) is 9.80 Å². The highest BCUT2D eigenvalue weighted by Crippen LogP contribution is 2.15. The quantitative estimate of drug-likeness (QED) is 0.582. The molecule has 0 aromatic heterocycles. The summed E-state index contributed by atoms with van der Waals surface area (Å²) in [6.45, 7) is 11.0. The van der Waals surface area contributed by atoms with Crippen molar-refractivity contribution in [1.29, 1.82) is 0 Å². The predicted octanol–water partition coefficient (Wildman–Crippen LogP) is -0.626. The summed E-state index contributed by atoms with van der Waals surface area (Å²) in [6, 6.07) is 12.0. The van der Waals surface area contributed by atoms with Gasteiger partial charge in [-0.1, -0.05) is 42.5 Å². The number of rotatable bonds is 5. The third-order valence-electron chi connectivity index (χ3n) is 7.12. The number of piperidine rings is 1. The zero-order valence-electron chi connectivity index (χ0n) is 16.4. The Labute approximate surface area is 159 Å². The normalized spacial score (nSPS) is 35.3. The third kappa shape index (κ3) is 4.97. The molecule has 26 heavy (non-hydrogen) atoms. The Balaban J connectivity index is 1.17. The molecule has 0 saturated carbocycles. The lowest BCUT2D eigenvalue weighted by molar-refractivity contribution is -1.03. The standard InChI is InChI=1S/C23H35N3/c1-3-7-21(8-4-1)19-24-13-11-23(12-14-24)26-17-15-25(16-18-26)20-22-9-5-2-6-10-22/h1-5,7-8,22-23H,6,9-20H2/p+3. The summed E-state index contributed by atoms with van der Waals surface area (Å²) in [6.07, 6.45) is 11.7. The summed E-state index contributed by atoms with van der Waals surface area (Å²) in [5, 5.41) is 0. The van der Waals surface area contributed by atoms with Crippen molar-refractivity contribution in [1.82, 2.24) is 0 Å². The number of quaternary nitrogens is 3. The second-order valence-corrected chi connectivity index (χ2v) is 8.95. The summed E-state index contributed by atoms with van der Waals surface area (Å²) in [7, 11) is 0. The first kappa shape index (κ1) is 18.2. The molecule has 3 heteroatoms. The van der Waals surface area contributed by atoms with Gasteiger partial charge in [0.2, 0.25) is 0 Å². The van der Waals surface area contributed by atoms with Crippen molar-refractivity contribution in [2.24, 2.45) is 5.92 Å². The molecular formula is C23H38N3+3. The highest BCUT2D eigenvalue weighted by atomic mass is 15.3. The molecule has 2 aliphatic heterocycles. The van der Waals surface area contributed by atoms with Gasteiger partial charge in [0.25, 0.3) is 0 Å². The zero-order valence-corrected chi connectivity index (χ0v) is 16.4. The first-order chi connectivity index (χ1) is 12.9. The summed E-state index contributed by atoms with van der Waals surface area (Å²) >= 11 is 0. The smallest absolute Gasteiger partial charge is 0.127 e. The summed E-state index contributed by atoms with van der Waals surface area (Å²) in [4.78, 5) is 5.61. The van der Waals surface area contributed by atoms with Gasteiger partial charge in [0.1, 0.15) is 32.7 Å². The SMILES string of the molecule is C1=CCC(C[NH+]2CC[NH+](C3CC[NH+](Cc4ccccc4)CC3)CC2)CC1. The van der Waals surface area contributed by atoms with Crippen LogP contribution in [0.5, 0.6) is 0 Å². The largest absolute Gasteiger partial charge is 0.331 e. The number of hydrogen-bond acceptors (Lipinski definition) is 0. The average Bonchev–Trinajstić information content (AvgIpc) is 2.71. The molecule has 1 aliphatic carbocycles. The number of hydrogen-bond donors (Lipinski definition) is 3. The Bertz CT molecular complexity index is 554. The maximum atomic E-state index is 2.42. The first-order valence-corrected chi connectivity index (χ1v) is 11.1. The molecule has 2 heterocycles. The van der Waals surface area contributed by atoms with E-state index in [4.69, 9.17) is 0 Å². The van der Waals surface area contributed by atoms with E-state index in [-0.39, 0.29) is 0 Å². The van der Waals surface area contributed by atoms with Crippen LogP contribution in [0.1, 0.15) is 37.7 Å². The van der Waals surface area contributed by atoms with Gasteiger partial charge >= 0.3 is 0 Å². The van der Waals surface area contributed by atoms with E-state index in [2.05, 4.69) is 42.5 Å². The molecule has 1 unspecified atom stereocenters. The van der Waals surface area contributed by atoms with Gasteiger partial charge in [-0.05, 0) is 19.3 Å². The van der Waals surface area contributed by atoms with Crippen molar-refractivity contribution in [3.05, 3.63) is 48.0 Å². The van der Waals surface area contributed by atoms with E-state index in [1.165, 1.54) is 90.0 Å². The number of benzene rings is 1. The maximum absolute atomic E-state index is 2.42. The van der Waals surface area contributed by atoms with E-state index in [1.54, 1.807) is 4.90 Å². The molecule has 3 N–H and O–H groups in total. The van der Waals surface area contributed by atoms with Crippen LogP contribution < -0.4 is 14.7 Å². The van der Waals surface area contributed by atoms with Crippen molar-refractivity contribution >= 4 is 0 Å². The molecule has 1 aromatic rings. The summed E-state index contributed by atoms with van der Waals surface area (Å²) in [5.41, 5.74) is 1.50. The van der Waals surface area contributed by atoms with Crippen LogP contribution in [-0.4, -0.2) is 51.9 Å². The topological polar surface area (TPSA) is 13.3 Å². The Morgan fingerprint density at radius 2 is 1.54 bits per heavy atom. The van der Waals surface area contributed by atoms with E-state index in [0.29, 0.717) is 0 Å². The average molecular weight is 357 g/mol. The fourth-order valence-electron chi connectivity index (χ4n) is 5.48. The van der Waals surface area contributed by atoms with Crippen LogP contribution in [0.4, 0.5) is 0 Å². The van der Waals surface area contributed by atoms with Crippen LogP contribution in [0.15, 0.2) is 42.5 Å². The molecule has 1 atom stereocenters. The lowest BCUT2D eigenvalue weighted by Gasteiger charge is -2.38. The lowest BCUT2D eigenvalue weighted by atomic mass is 9.93. The van der Waals surface area contributed by atoms with Gasteiger partial charge in [-0.3, -0.25) is 0 Å². The van der Waals surface area contributed by atoms with E-state index in [9.17, 15) is 0 Å². The minimum Gasteiger partial charge on any atom is -0.331 e. The second kappa shape index (κ2) is 9.16. The van der Waals surface area contributed by atoms with E-state index >= 15 is 0 Å². The fraction of sp³-hybridized carbons (Fsp3) is 0.652. The van der Waals surface area contributed by atoms with Crippen LogP contribution >= 0.6 is 0 Å². The number of allylic oxidation sites excluding steroid dienone is 2. The molecule has 2 fully saturated rings. The molecule has 142 valence electrons. The molecule has 0 spiro atoms. The van der Waals surface area contributed by atoms with Gasteiger partial charge in [-0.15, -0.1) is 0 Å². The maximum Gasteiger partial charge on any atom is 0.127 e. The van der Waals surface area contributed by atoms with Crippen LogP contribution in [0.3, 0.4) is 0 Å². The highest BCUT2D eigenvalue weighted by Gasteiger charge is 2.34. The number of likely N-dealkylation sites (tertiary alicyclic amines) is 1.